The zero-order valence-electron chi connectivity index (χ0n) is 17.3. The van der Waals surface area contributed by atoms with Gasteiger partial charge in [0.1, 0.15) is 10.9 Å². The van der Waals surface area contributed by atoms with Gasteiger partial charge in [0.05, 0.1) is 5.39 Å². The van der Waals surface area contributed by atoms with Gasteiger partial charge in [0.25, 0.3) is 0 Å². The first-order chi connectivity index (χ1) is 14.3. The number of nitrogens with zero attached hydrogens (tertiary/aromatic N) is 2. The van der Waals surface area contributed by atoms with E-state index in [0.29, 0.717) is 12.1 Å². The van der Waals surface area contributed by atoms with Crippen LogP contribution in [0.5, 0.6) is 5.88 Å². The molecule has 0 amide bonds. The summed E-state index contributed by atoms with van der Waals surface area (Å²) in [6.07, 6.45) is 9.96. The molecule has 2 N–H and O–H groups in total. The quantitative estimate of drug-likeness (QED) is 0.597. The van der Waals surface area contributed by atoms with Crippen molar-refractivity contribution in [2.75, 3.05) is 19.4 Å². The molecule has 6 heteroatoms. The van der Waals surface area contributed by atoms with E-state index in [1.807, 2.05) is 55.8 Å². The van der Waals surface area contributed by atoms with Crippen LogP contribution in [0.15, 0.2) is 30.3 Å². The summed E-state index contributed by atoms with van der Waals surface area (Å²) in [6, 6.07) is 10.1. The number of rotatable bonds is 4. The lowest BCUT2D eigenvalue weighted by molar-refractivity contribution is 0.151. The van der Waals surface area contributed by atoms with Crippen molar-refractivity contribution in [1.29, 1.82) is 0 Å². The molecule has 2 aliphatic rings. The molecule has 0 saturated heterocycles. The monoisotopic (exact) mass is 410 g/mol. The third-order valence-electron chi connectivity index (χ3n) is 5.39. The summed E-state index contributed by atoms with van der Waals surface area (Å²) in [6.45, 7) is 0. The fourth-order valence-electron chi connectivity index (χ4n) is 4.10. The number of para-hydroxylation sites is 1. The molecule has 1 saturated carbocycles. The summed E-state index contributed by atoms with van der Waals surface area (Å²) in [4.78, 5) is 12.1. The summed E-state index contributed by atoms with van der Waals surface area (Å²) in [5.41, 5.74) is 2.43. The maximum atomic E-state index is 6.45. The minimum Gasteiger partial charge on any atom is -0.474 e. The van der Waals surface area contributed by atoms with E-state index in [2.05, 4.69) is 10.6 Å². The summed E-state index contributed by atoms with van der Waals surface area (Å²) < 4.78 is 6.45. The Balaban J connectivity index is 0.000000645. The number of hydrogen-bond donors (Lipinski definition) is 2. The average molecular weight is 411 g/mol. The Labute approximate surface area is 176 Å². The summed E-state index contributed by atoms with van der Waals surface area (Å²) in [7, 11) is 3.75. The first kappa shape index (κ1) is 20.1. The highest BCUT2D eigenvalue weighted by Gasteiger charge is 2.25. The van der Waals surface area contributed by atoms with Crippen molar-refractivity contribution in [3.63, 3.8) is 0 Å². The van der Waals surface area contributed by atoms with Crippen molar-refractivity contribution in [3.8, 4) is 5.88 Å². The molecule has 2 aromatic heterocycles. The van der Waals surface area contributed by atoms with Crippen LogP contribution in [-0.2, 0) is 12.8 Å². The van der Waals surface area contributed by atoms with Crippen molar-refractivity contribution >= 4 is 33.2 Å². The minimum absolute atomic E-state index is 0.295. The van der Waals surface area contributed by atoms with Crippen molar-refractivity contribution in [2.45, 2.75) is 57.5 Å². The van der Waals surface area contributed by atoms with Crippen LogP contribution in [0.4, 0.5) is 11.6 Å². The molecule has 1 fully saturated rings. The second kappa shape index (κ2) is 9.55. The Bertz CT molecular complexity index is 935. The van der Waals surface area contributed by atoms with Crippen LogP contribution in [0.25, 0.3) is 10.2 Å². The molecule has 2 heterocycles. The molecule has 0 bridgehead atoms. The second-order valence-corrected chi connectivity index (χ2v) is 8.84. The lowest BCUT2D eigenvalue weighted by atomic mass is 9.98. The van der Waals surface area contributed by atoms with Gasteiger partial charge in [-0.1, -0.05) is 24.6 Å². The van der Waals surface area contributed by atoms with Gasteiger partial charge < -0.3 is 15.4 Å². The molecule has 3 aromatic rings. The van der Waals surface area contributed by atoms with Crippen molar-refractivity contribution in [3.05, 3.63) is 40.8 Å². The number of benzene rings is 1. The van der Waals surface area contributed by atoms with Crippen LogP contribution < -0.4 is 15.4 Å². The Hall–Kier alpha value is -2.18. The van der Waals surface area contributed by atoms with Crippen molar-refractivity contribution < 1.29 is 4.74 Å². The number of anilines is 2. The van der Waals surface area contributed by atoms with Gasteiger partial charge in [-0.15, -0.1) is 11.3 Å². The van der Waals surface area contributed by atoms with Gasteiger partial charge in [0, 0.05) is 10.6 Å². The normalized spacial score (nSPS) is 16.2. The standard InChI is InChI=1S/C21H23N3OS.C2H7N/c1-3-8-14(9-4-1)22-21-23-19(25-15-10-5-2-6-11-15)18-16-12-7-13-17(16)26-20(18)24-21;1-3-2/h1,3-4,8-9,15H,2,5-7,10-13H2,(H,22,23,24);3H,1-2H3. The molecule has 154 valence electrons. The van der Waals surface area contributed by atoms with Gasteiger partial charge in [-0.3, -0.25) is 0 Å². The number of hydrogen-bond acceptors (Lipinski definition) is 6. The predicted octanol–water partition coefficient (Wildman–Crippen LogP) is 5.47. The fourth-order valence-corrected chi connectivity index (χ4v) is 5.35. The van der Waals surface area contributed by atoms with Gasteiger partial charge >= 0.3 is 0 Å². The summed E-state index contributed by atoms with van der Waals surface area (Å²) in [5, 5.41) is 7.27. The highest BCUT2D eigenvalue weighted by Crippen LogP contribution is 2.41. The summed E-state index contributed by atoms with van der Waals surface area (Å²) in [5.74, 6) is 1.43. The van der Waals surface area contributed by atoms with Gasteiger partial charge in [-0.25, -0.2) is 4.98 Å². The van der Waals surface area contributed by atoms with Crippen LogP contribution in [0.1, 0.15) is 49.0 Å². The molecule has 0 aliphatic heterocycles. The molecule has 0 spiro atoms. The molecule has 2 aliphatic carbocycles. The maximum absolute atomic E-state index is 6.45. The number of aryl methyl sites for hydroxylation is 2. The van der Waals surface area contributed by atoms with Gasteiger partial charge in [-0.05, 0) is 76.7 Å². The van der Waals surface area contributed by atoms with Gasteiger partial charge in [0.2, 0.25) is 11.8 Å². The number of nitrogens with one attached hydrogen (secondary N) is 2. The molecular weight excluding hydrogens is 380 g/mol. The van der Waals surface area contributed by atoms with Crippen LogP contribution in [0.3, 0.4) is 0 Å². The van der Waals surface area contributed by atoms with Crippen LogP contribution in [0.2, 0.25) is 0 Å². The second-order valence-electron chi connectivity index (χ2n) is 7.76. The maximum Gasteiger partial charge on any atom is 0.231 e. The topological polar surface area (TPSA) is 59.1 Å². The SMILES string of the molecule is CNC.c1ccc(Nc2nc(OC3CCCCC3)c3c4c(sc3n2)CCC4)cc1. The Kier molecular flexibility index (Phi) is 6.62. The highest BCUT2D eigenvalue weighted by molar-refractivity contribution is 7.19. The van der Waals surface area contributed by atoms with Crippen LogP contribution >= 0.6 is 11.3 Å². The van der Waals surface area contributed by atoms with E-state index in [0.717, 1.165) is 35.7 Å². The van der Waals surface area contributed by atoms with Gasteiger partial charge in [-0.2, -0.15) is 4.98 Å². The minimum atomic E-state index is 0.295. The van der Waals surface area contributed by atoms with Crippen molar-refractivity contribution in [1.82, 2.24) is 15.3 Å². The number of aromatic nitrogens is 2. The Morgan fingerprint density at radius 3 is 2.48 bits per heavy atom. The van der Waals surface area contributed by atoms with Crippen LogP contribution in [-0.4, -0.2) is 30.2 Å². The molecule has 0 atom stereocenters. The first-order valence-corrected chi connectivity index (χ1v) is 11.5. The number of ether oxygens (including phenoxy) is 1. The predicted molar refractivity (Wildman–Crippen MR) is 122 cm³/mol. The number of fused-ring (bicyclic) bond motifs is 3. The zero-order chi connectivity index (χ0) is 20.1. The molecule has 0 radical (unpaired) electrons. The molecule has 5 nitrogen and oxygen atoms in total. The summed E-state index contributed by atoms with van der Waals surface area (Å²) >= 11 is 1.82. The third kappa shape index (κ3) is 4.70. The number of thiophene rings is 1. The highest BCUT2D eigenvalue weighted by atomic mass is 32.1. The first-order valence-electron chi connectivity index (χ1n) is 10.7. The average Bonchev–Trinajstić information content (AvgIpc) is 3.31. The van der Waals surface area contributed by atoms with E-state index in [4.69, 9.17) is 14.7 Å². The molecule has 5 rings (SSSR count). The lowest BCUT2D eigenvalue weighted by Gasteiger charge is -2.23. The fraction of sp³-hybridized carbons (Fsp3) is 0.478. The van der Waals surface area contributed by atoms with E-state index in [1.54, 1.807) is 0 Å². The van der Waals surface area contributed by atoms with E-state index in [1.165, 1.54) is 47.9 Å². The third-order valence-corrected chi connectivity index (χ3v) is 6.58. The molecular formula is C23H30N4OS. The van der Waals surface area contributed by atoms with E-state index in [-0.39, 0.29) is 0 Å². The molecule has 0 unspecified atom stereocenters. The zero-order valence-corrected chi connectivity index (χ0v) is 18.1. The van der Waals surface area contributed by atoms with E-state index >= 15 is 0 Å². The molecule has 29 heavy (non-hydrogen) atoms. The van der Waals surface area contributed by atoms with Crippen LogP contribution in [0, 0.1) is 0 Å². The van der Waals surface area contributed by atoms with E-state index < -0.39 is 0 Å². The van der Waals surface area contributed by atoms with Gasteiger partial charge in [0.15, 0.2) is 0 Å². The smallest absolute Gasteiger partial charge is 0.231 e. The van der Waals surface area contributed by atoms with E-state index in [9.17, 15) is 0 Å². The largest absolute Gasteiger partial charge is 0.474 e. The Morgan fingerprint density at radius 1 is 0.966 bits per heavy atom. The Morgan fingerprint density at radius 2 is 1.72 bits per heavy atom. The molecule has 1 aromatic carbocycles. The lowest BCUT2D eigenvalue weighted by Crippen LogP contribution is -2.20. The van der Waals surface area contributed by atoms with Crippen molar-refractivity contribution in [2.24, 2.45) is 0 Å².